The van der Waals surface area contributed by atoms with Gasteiger partial charge in [0.15, 0.2) is 5.78 Å². The lowest BCUT2D eigenvalue weighted by Crippen LogP contribution is -2.26. The number of allylic oxidation sites excluding steroid dienone is 2. The van der Waals surface area contributed by atoms with Crippen molar-refractivity contribution < 1.29 is 19.4 Å². The van der Waals surface area contributed by atoms with Gasteiger partial charge in [-0.15, -0.1) is 0 Å². The molecule has 4 nitrogen and oxygen atoms in total. The van der Waals surface area contributed by atoms with Gasteiger partial charge in [0.2, 0.25) is 5.78 Å². The van der Waals surface area contributed by atoms with Gasteiger partial charge < -0.3 is 9.84 Å². The van der Waals surface area contributed by atoms with Crippen LogP contribution in [0.15, 0.2) is 12.2 Å². The summed E-state index contributed by atoms with van der Waals surface area (Å²) in [7, 11) is 0. The Kier molecular flexibility index (Phi) is 13.6. The van der Waals surface area contributed by atoms with E-state index in [4.69, 9.17) is 9.84 Å². The molecule has 0 spiro atoms. The first-order chi connectivity index (χ1) is 11.3. The Labute approximate surface area is 147 Å². The second-order valence-corrected chi connectivity index (χ2v) is 6.53. The van der Waals surface area contributed by atoms with Gasteiger partial charge in [0.05, 0.1) is 13.0 Å². The van der Waals surface area contributed by atoms with E-state index in [-0.39, 0.29) is 17.7 Å². The number of hydrogen-bond acceptors (Lipinski definition) is 4. The molecule has 0 amide bonds. The van der Waals surface area contributed by atoms with Crippen LogP contribution < -0.4 is 0 Å². The highest BCUT2D eigenvalue weighted by atomic mass is 16.5. The van der Waals surface area contributed by atoms with E-state index in [2.05, 4.69) is 19.1 Å². The molecule has 0 bridgehead atoms. The number of aliphatic hydroxyl groups excluding tert-OH is 1. The fourth-order valence-corrected chi connectivity index (χ4v) is 2.35. The third-order valence-electron chi connectivity index (χ3n) is 4.15. The Morgan fingerprint density at radius 2 is 1.46 bits per heavy atom. The summed E-state index contributed by atoms with van der Waals surface area (Å²) in [5, 5.41) is 8.17. The summed E-state index contributed by atoms with van der Waals surface area (Å²) in [6.07, 6.45) is 15.2. The first kappa shape index (κ1) is 22.9. The monoisotopic (exact) mass is 339 g/mol. The van der Waals surface area contributed by atoms with Crippen molar-refractivity contribution in [2.75, 3.05) is 0 Å². The Morgan fingerprint density at radius 1 is 1.00 bits per heavy atom. The molecule has 0 aliphatic heterocycles. The molecular weight excluding hydrogens is 304 g/mol. The van der Waals surface area contributed by atoms with Crippen molar-refractivity contribution >= 4 is 11.6 Å². The first-order valence-electron chi connectivity index (χ1n) is 9.17. The van der Waals surface area contributed by atoms with Crippen LogP contribution >= 0.6 is 0 Å². The van der Waals surface area contributed by atoms with Crippen LogP contribution in [0.5, 0.6) is 0 Å². The third kappa shape index (κ3) is 13.3. The van der Waals surface area contributed by atoms with Crippen LogP contribution in [0.2, 0.25) is 0 Å². The lowest BCUT2D eigenvalue weighted by atomic mass is 9.97. The fourth-order valence-electron chi connectivity index (χ4n) is 2.35. The molecule has 2 atom stereocenters. The summed E-state index contributed by atoms with van der Waals surface area (Å²) in [4.78, 5) is 20.7. The highest BCUT2D eigenvalue weighted by Crippen LogP contribution is 2.21. The minimum absolute atomic E-state index is 0.139. The van der Waals surface area contributed by atoms with Crippen LogP contribution in [0.3, 0.4) is 0 Å². The van der Waals surface area contributed by atoms with Gasteiger partial charge >= 0.3 is 0 Å². The van der Waals surface area contributed by atoms with Crippen molar-refractivity contribution in [2.45, 2.75) is 96.9 Å². The van der Waals surface area contributed by atoms with Crippen molar-refractivity contribution in [1.82, 2.24) is 0 Å². The second-order valence-electron chi connectivity index (χ2n) is 6.53. The number of hydrogen-bond donors (Lipinski definition) is 1. The average Bonchev–Trinajstić information content (AvgIpc) is 2.58. The number of Topliss-reactive ketones (excluding diaryl/α,β-unsaturated/α-hetero) is 2. The van der Waals surface area contributed by atoms with Crippen LogP contribution in [0.25, 0.3) is 0 Å². The maximum absolute atomic E-state index is 10.9. The van der Waals surface area contributed by atoms with Gasteiger partial charge in [-0.1, -0.05) is 31.4 Å². The number of rotatable bonds is 4. The highest BCUT2D eigenvalue weighted by Gasteiger charge is 2.18. The molecule has 0 heterocycles. The molecular formula is C20H35O4+. The van der Waals surface area contributed by atoms with Crippen molar-refractivity contribution in [1.29, 1.82) is 0 Å². The standard InChI is InChI=1S/C10H18O2.C6H10.C4H7O2/c1-8(11)9(2)12-10-6-4-3-5-7-10;1-2-4-6-5-3-1;1-3(5)4(2)6/h9-10H,3-7H2,1-2H3;1-2H,3-6H2;3,5H,1H2,2H3/q;;+1. The van der Waals surface area contributed by atoms with E-state index in [1.807, 2.05) is 6.92 Å². The van der Waals surface area contributed by atoms with E-state index < -0.39 is 6.10 Å². The van der Waals surface area contributed by atoms with Crippen LogP contribution in [-0.4, -0.2) is 35.0 Å². The minimum atomic E-state index is -1.04. The molecule has 138 valence electrons. The molecule has 0 aromatic rings. The molecule has 24 heavy (non-hydrogen) atoms. The van der Waals surface area contributed by atoms with Gasteiger partial charge in [-0.25, -0.2) is 0 Å². The topological polar surface area (TPSA) is 63.6 Å². The molecule has 2 unspecified atom stereocenters. The molecule has 0 radical (unpaired) electrons. The predicted octanol–water partition coefficient (Wildman–Crippen LogP) is 4.20. The summed E-state index contributed by atoms with van der Waals surface area (Å²) in [6.45, 7) is 7.77. The smallest absolute Gasteiger partial charge is 0.251 e. The Bertz CT molecular complexity index is 360. The van der Waals surface area contributed by atoms with Crippen molar-refractivity contribution in [2.24, 2.45) is 0 Å². The van der Waals surface area contributed by atoms with Crippen LogP contribution in [0.1, 0.15) is 78.6 Å². The van der Waals surface area contributed by atoms with E-state index in [9.17, 15) is 9.59 Å². The van der Waals surface area contributed by atoms with E-state index in [1.165, 1.54) is 51.9 Å². The van der Waals surface area contributed by atoms with E-state index in [0.717, 1.165) is 12.8 Å². The number of carbonyl (C=O) groups is 2. The molecule has 1 saturated carbocycles. The molecule has 2 aliphatic rings. The SMILES string of the molecule is C1=CCCCC1.CC(=O)C(C)OC1CCCCC1.[CH2+]C(O)C(C)=O. The van der Waals surface area contributed by atoms with Gasteiger partial charge in [0, 0.05) is 6.92 Å². The maximum atomic E-state index is 10.9. The number of aliphatic hydroxyl groups is 1. The molecule has 0 saturated heterocycles. The molecule has 2 aliphatic carbocycles. The summed E-state index contributed by atoms with van der Waals surface area (Å²) in [5.74, 6) is -0.157. The van der Waals surface area contributed by atoms with Crippen LogP contribution in [0.4, 0.5) is 0 Å². The lowest BCUT2D eigenvalue weighted by Gasteiger charge is -2.24. The maximum Gasteiger partial charge on any atom is 0.251 e. The summed E-state index contributed by atoms with van der Waals surface area (Å²) in [5.41, 5.74) is 0. The molecule has 0 aromatic heterocycles. The molecule has 2 rings (SSSR count). The summed E-state index contributed by atoms with van der Waals surface area (Å²) in [6, 6.07) is 0. The quantitative estimate of drug-likeness (QED) is 0.616. The van der Waals surface area contributed by atoms with Crippen LogP contribution in [0, 0.1) is 6.92 Å². The minimum Gasteiger partial charge on any atom is -0.368 e. The zero-order valence-corrected chi connectivity index (χ0v) is 15.6. The zero-order chi connectivity index (χ0) is 18.4. The average molecular weight is 339 g/mol. The summed E-state index contributed by atoms with van der Waals surface area (Å²) < 4.78 is 5.60. The first-order valence-corrected chi connectivity index (χ1v) is 9.17. The summed E-state index contributed by atoms with van der Waals surface area (Å²) >= 11 is 0. The largest absolute Gasteiger partial charge is 0.368 e. The van der Waals surface area contributed by atoms with Crippen LogP contribution in [-0.2, 0) is 14.3 Å². The van der Waals surface area contributed by atoms with E-state index in [1.54, 1.807) is 6.92 Å². The number of ketones is 2. The van der Waals surface area contributed by atoms with Gasteiger partial charge in [-0.2, -0.15) is 0 Å². The van der Waals surface area contributed by atoms with Crippen molar-refractivity contribution in [3.05, 3.63) is 19.1 Å². The Balaban J connectivity index is 0.000000371. The fraction of sp³-hybridized carbons (Fsp3) is 0.750. The molecule has 1 N–H and O–H groups in total. The molecule has 4 heteroatoms. The number of ether oxygens (including phenoxy) is 1. The Morgan fingerprint density at radius 3 is 1.75 bits per heavy atom. The normalized spacial score (nSPS) is 19.8. The van der Waals surface area contributed by atoms with Crippen molar-refractivity contribution in [3.8, 4) is 0 Å². The lowest BCUT2D eigenvalue weighted by molar-refractivity contribution is -0.132. The zero-order valence-electron chi connectivity index (χ0n) is 15.6. The predicted molar refractivity (Wildman–Crippen MR) is 97.8 cm³/mol. The van der Waals surface area contributed by atoms with Crippen molar-refractivity contribution in [3.63, 3.8) is 0 Å². The second kappa shape index (κ2) is 14.2. The van der Waals surface area contributed by atoms with E-state index in [0.29, 0.717) is 6.10 Å². The third-order valence-corrected chi connectivity index (χ3v) is 4.15. The molecule has 0 aromatic carbocycles. The van der Waals surface area contributed by atoms with E-state index >= 15 is 0 Å². The Hall–Kier alpha value is -1.13. The van der Waals surface area contributed by atoms with Gasteiger partial charge in [-0.05, 0) is 52.4 Å². The van der Waals surface area contributed by atoms with Gasteiger partial charge in [0.25, 0.3) is 6.10 Å². The number of carbonyl (C=O) groups excluding carboxylic acids is 2. The van der Waals surface area contributed by atoms with Gasteiger partial charge in [-0.3, -0.25) is 9.59 Å². The highest BCUT2D eigenvalue weighted by molar-refractivity contribution is 5.80. The van der Waals surface area contributed by atoms with Gasteiger partial charge in [0.1, 0.15) is 6.10 Å². The molecule has 1 fully saturated rings.